The maximum absolute atomic E-state index is 13.7. The normalized spacial score (nSPS) is 22.3. The van der Waals surface area contributed by atoms with Crippen molar-refractivity contribution in [2.24, 2.45) is 5.92 Å². The predicted octanol–water partition coefficient (Wildman–Crippen LogP) is 3.72. The van der Waals surface area contributed by atoms with Crippen molar-refractivity contribution in [1.29, 1.82) is 0 Å². The van der Waals surface area contributed by atoms with E-state index in [1.807, 2.05) is 0 Å². The predicted molar refractivity (Wildman–Crippen MR) is 85.9 cm³/mol. The molecule has 23 heavy (non-hydrogen) atoms. The van der Waals surface area contributed by atoms with Gasteiger partial charge in [0, 0.05) is 11.1 Å². The van der Waals surface area contributed by atoms with Crippen LogP contribution in [0.25, 0.3) is 0 Å². The molecule has 3 atom stereocenters. The lowest BCUT2D eigenvalue weighted by Crippen LogP contribution is -2.46. The Bertz CT molecular complexity index is 593. The van der Waals surface area contributed by atoms with Crippen molar-refractivity contribution >= 4 is 23.5 Å². The van der Waals surface area contributed by atoms with Crippen molar-refractivity contribution in [3.63, 3.8) is 0 Å². The number of carbonyl (C=O) groups excluding carboxylic acids is 2. The minimum atomic E-state index is -0.980. The molecule has 6 heteroatoms. The average molecular weight is 342 g/mol. The van der Waals surface area contributed by atoms with Gasteiger partial charge in [-0.15, -0.1) is 0 Å². The maximum atomic E-state index is 13.7. The number of halogens is 2. The molecular weight excluding hydrogens is 321 g/mol. The Hall–Kier alpha value is -1.62. The second-order valence-electron chi connectivity index (χ2n) is 6.05. The van der Waals surface area contributed by atoms with Crippen LogP contribution in [0.2, 0.25) is 5.02 Å². The highest BCUT2D eigenvalue weighted by Crippen LogP contribution is 2.24. The average Bonchev–Trinajstić information content (AvgIpc) is 2.49. The Morgan fingerprint density at radius 2 is 2.04 bits per heavy atom. The lowest BCUT2D eigenvalue weighted by Gasteiger charge is -2.30. The largest absolute Gasteiger partial charge is 0.449 e. The first-order valence-corrected chi connectivity index (χ1v) is 8.22. The summed E-state index contributed by atoms with van der Waals surface area (Å²) in [4.78, 5) is 24.1. The van der Waals surface area contributed by atoms with E-state index in [0.29, 0.717) is 5.92 Å². The highest BCUT2D eigenvalue weighted by Gasteiger charge is 2.27. The lowest BCUT2D eigenvalue weighted by atomic mass is 9.86. The van der Waals surface area contributed by atoms with E-state index in [9.17, 15) is 14.0 Å². The topological polar surface area (TPSA) is 55.4 Å². The first-order chi connectivity index (χ1) is 10.9. The van der Waals surface area contributed by atoms with E-state index in [1.165, 1.54) is 25.5 Å². The zero-order chi connectivity index (χ0) is 17.0. The van der Waals surface area contributed by atoms with E-state index >= 15 is 0 Å². The SMILES string of the molecule is C[C@@H](OC(=O)c1ccc(Cl)cc1F)C(=O)N[C@H]1CCCC[C@@H]1C. The van der Waals surface area contributed by atoms with Crippen LogP contribution in [0.3, 0.4) is 0 Å². The zero-order valence-corrected chi connectivity index (χ0v) is 14.0. The van der Waals surface area contributed by atoms with Crippen LogP contribution in [0.5, 0.6) is 0 Å². The second-order valence-corrected chi connectivity index (χ2v) is 6.48. The molecule has 0 heterocycles. The number of nitrogens with one attached hydrogen (secondary N) is 1. The third-order valence-corrected chi connectivity index (χ3v) is 4.48. The van der Waals surface area contributed by atoms with Gasteiger partial charge in [-0.25, -0.2) is 9.18 Å². The van der Waals surface area contributed by atoms with Crippen molar-refractivity contribution in [3.05, 3.63) is 34.6 Å². The lowest BCUT2D eigenvalue weighted by molar-refractivity contribution is -0.130. The summed E-state index contributed by atoms with van der Waals surface area (Å²) in [5.74, 6) is -1.59. The van der Waals surface area contributed by atoms with Crippen molar-refractivity contribution in [3.8, 4) is 0 Å². The molecule has 0 aliphatic heterocycles. The van der Waals surface area contributed by atoms with Crippen LogP contribution in [-0.4, -0.2) is 24.0 Å². The molecule has 0 radical (unpaired) electrons. The standard InChI is InChI=1S/C17H21ClFNO3/c1-10-5-3-4-6-15(10)20-16(21)11(2)23-17(22)13-8-7-12(18)9-14(13)19/h7-11,15H,3-6H2,1-2H3,(H,20,21)/t10-,11+,15-/m0/s1. The van der Waals surface area contributed by atoms with E-state index in [2.05, 4.69) is 12.2 Å². The van der Waals surface area contributed by atoms with Crippen LogP contribution in [0.1, 0.15) is 49.9 Å². The number of amides is 1. The monoisotopic (exact) mass is 341 g/mol. The quantitative estimate of drug-likeness (QED) is 0.849. The number of rotatable bonds is 4. The van der Waals surface area contributed by atoms with Gasteiger partial charge in [0.05, 0.1) is 5.56 Å². The molecule has 0 saturated heterocycles. The minimum Gasteiger partial charge on any atom is -0.449 e. The van der Waals surface area contributed by atoms with Crippen LogP contribution in [0, 0.1) is 11.7 Å². The van der Waals surface area contributed by atoms with Gasteiger partial charge in [0.1, 0.15) is 5.82 Å². The van der Waals surface area contributed by atoms with Gasteiger partial charge in [-0.2, -0.15) is 0 Å². The molecular formula is C17H21ClFNO3. The molecule has 1 fully saturated rings. The van der Waals surface area contributed by atoms with Gasteiger partial charge in [-0.1, -0.05) is 31.4 Å². The molecule has 4 nitrogen and oxygen atoms in total. The summed E-state index contributed by atoms with van der Waals surface area (Å²) < 4.78 is 18.8. The fourth-order valence-corrected chi connectivity index (χ4v) is 2.92. The van der Waals surface area contributed by atoms with E-state index < -0.39 is 17.9 Å². The summed E-state index contributed by atoms with van der Waals surface area (Å²) in [6, 6.07) is 3.78. The summed E-state index contributed by atoms with van der Waals surface area (Å²) >= 11 is 5.64. The van der Waals surface area contributed by atoms with Crippen LogP contribution >= 0.6 is 11.6 Å². The van der Waals surface area contributed by atoms with E-state index in [-0.39, 0.29) is 22.5 Å². The molecule has 0 bridgehead atoms. The number of esters is 1. The number of benzene rings is 1. The summed E-state index contributed by atoms with van der Waals surface area (Å²) in [7, 11) is 0. The van der Waals surface area contributed by atoms with Gasteiger partial charge >= 0.3 is 5.97 Å². The molecule has 1 N–H and O–H groups in total. The van der Waals surface area contributed by atoms with Crippen molar-refractivity contribution < 1.29 is 18.7 Å². The molecule has 1 aromatic rings. The number of carbonyl (C=O) groups is 2. The number of hydrogen-bond donors (Lipinski definition) is 1. The van der Waals surface area contributed by atoms with Crippen molar-refractivity contribution in [1.82, 2.24) is 5.32 Å². The second kappa shape index (κ2) is 7.77. The Morgan fingerprint density at radius 1 is 1.35 bits per heavy atom. The molecule has 1 aromatic carbocycles. The van der Waals surface area contributed by atoms with Gasteiger partial charge in [0.15, 0.2) is 6.10 Å². The molecule has 1 aliphatic rings. The van der Waals surface area contributed by atoms with Gasteiger partial charge in [0.25, 0.3) is 5.91 Å². The molecule has 2 rings (SSSR count). The van der Waals surface area contributed by atoms with Crippen molar-refractivity contribution in [2.45, 2.75) is 51.7 Å². The van der Waals surface area contributed by atoms with Crippen LogP contribution in [-0.2, 0) is 9.53 Å². The Balaban J connectivity index is 1.93. The summed E-state index contributed by atoms with van der Waals surface area (Å²) in [5.41, 5.74) is -0.236. The molecule has 1 aliphatic carbocycles. The van der Waals surface area contributed by atoms with Gasteiger partial charge in [-0.3, -0.25) is 4.79 Å². The van der Waals surface area contributed by atoms with Crippen LogP contribution in [0.15, 0.2) is 18.2 Å². The van der Waals surface area contributed by atoms with E-state index in [0.717, 1.165) is 25.3 Å². The Labute approximate surface area is 140 Å². The molecule has 1 saturated carbocycles. The van der Waals surface area contributed by atoms with Gasteiger partial charge in [-0.05, 0) is 43.9 Å². The van der Waals surface area contributed by atoms with Crippen LogP contribution < -0.4 is 5.32 Å². The number of ether oxygens (including phenoxy) is 1. The smallest absolute Gasteiger partial charge is 0.341 e. The number of hydrogen-bond acceptors (Lipinski definition) is 3. The third kappa shape index (κ3) is 4.67. The van der Waals surface area contributed by atoms with Crippen molar-refractivity contribution in [2.75, 3.05) is 0 Å². The summed E-state index contributed by atoms with van der Waals surface area (Å²) in [6.45, 7) is 3.58. The van der Waals surface area contributed by atoms with Gasteiger partial charge in [0.2, 0.25) is 0 Å². The minimum absolute atomic E-state index is 0.102. The Kier molecular flexibility index (Phi) is 5.99. The van der Waals surface area contributed by atoms with E-state index in [4.69, 9.17) is 16.3 Å². The fraction of sp³-hybridized carbons (Fsp3) is 0.529. The third-order valence-electron chi connectivity index (χ3n) is 4.24. The molecule has 0 aromatic heterocycles. The van der Waals surface area contributed by atoms with Crippen LogP contribution in [0.4, 0.5) is 4.39 Å². The zero-order valence-electron chi connectivity index (χ0n) is 13.3. The highest BCUT2D eigenvalue weighted by molar-refractivity contribution is 6.30. The highest BCUT2D eigenvalue weighted by atomic mass is 35.5. The molecule has 126 valence electrons. The summed E-state index contributed by atoms with van der Waals surface area (Å²) in [5, 5.41) is 3.11. The maximum Gasteiger partial charge on any atom is 0.341 e. The van der Waals surface area contributed by atoms with E-state index in [1.54, 1.807) is 0 Å². The van der Waals surface area contributed by atoms with Gasteiger partial charge < -0.3 is 10.1 Å². The first kappa shape index (κ1) is 17.7. The molecule has 1 amide bonds. The fourth-order valence-electron chi connectivity index (χ4n) is 2.76. The Morgan fingerprint density at radius 3 is 2.70 bits per heavy atom. The first-order valence-electron chi connectivity index (χ1n) is 7.85. The molecule has 0 spiro atoms. The summed E-state index contributed by atoms with van der Waals surface area (Å²) in [6.07, 6.45) is 3.29. The molecule has 0 unspecified atom stereocenters.